The Morgan fingerprint density at radius 3 is 2.82 bits per heavy atom. The van der Waals surface area contributed by atoms with Crippen LogP contribution in [0, 0.1) is 0 Å². The third-order valence-electron chi connectivity index (χ3n) is 2.41. The average Bonchev–Trinajstić information content (AvgIpc) is 2.92. The summed E-state index contributed by atoms with van der Waals surface area (Å²) in [5.41, 5.74) is 2.56. The van der Waals surface area contributed by atoms with Gasteiger partial charge in [-0.25, -0.2) is 9.78 Å². The van der Waals surface area contributed by atoms with Crippen LogP contribution in [-0.2, 0) is 0 Å². The molecular formula is C11H7N3O2S. The van der Waals surface area contributed by atoms with E-state index in [0.29, 0.717) is 5.69 Å². The van der Waals surface area contributed by atoms with Gasteiger partial charge in [0.15, 0.2) is 6.29 Å². The second kappa shape index (κ2) is 3.67. The molecule has 2 N–H and O–H groups in total. The second-order valence-electron chi connectivity index (χ2n) is 3.53. The fourth-order valence-corrected chi connectivity index (χ4v) is 2.40. The molecule has 3 aromatic rings. The van der Waals surface area contributed by atoms with Crippen molar-refractivity contribution in [3.05, 3.63) is 39.8 Å². The summed E-state index contributed by atoms with van der Waals surface area (Å²) in [6.07, 6.45) is 0.719. The Kier molecular flexibility index (Phi) is 2.15. The maximum Gasteiger partial charge on any atom is 0.323 e. The van der Waals surface area contributed by atoms with Crippen molar-refractivity contribution >= 4 is 28.7 Å². The summed E-state index contributed by atoms with van der Waals surface area (Å²) in [6, 6.07) is 5.50. The smallest absolute Gasteiger partial charge is 0.306 e. The highest BCUT2D eigenvalue weighted by atomic mass is 32.1. The van der Waals surface area contributed by atoms with Gasteiger partial charge < -0.3 is 9.97 Å². The van der Waals surface area contributed by atoms with Gasteiger partial charge in [-0.1, -0.05) is 0 Å². The molecule has 0 saturated heterocycles. The topological polar surface area (TPSA) is 78.6 Å². The fraction of sp³-hybridized carbons (Fsp3) is 0. The summed E-state index contributed by atoms with van der Waals surface area (Å²) >= 11 is 1.40. The van der Waals surface area contributed by atoms with Crippen LogP contribution in [0.2, 0.25) is 0 Å². The molecule has 0 unspecified atom stereocenters. The van der Waals surface area contributed by atoms with Crippen molar-refractivity contribution in [3.8, 4) is 10.6 Å². The molecule has 2 heterocycles. The van der Waals surface area contributed by atoms with Crippen molar-refractivity contribution in [1.82, 2.24) is 15.0 Å². The number of nitrogens with zero attached hydrogens (tertiary/aromatic N) is 1. The van der Waals surface area contributed by atoms with E-state index >= 15 is 0 Å². The number of benzene rings is 1. The van der Waals surface area contributed by atoms with Gasteiger partial charge in [0, 0.05) is 10.9 Å². The predicted molar refractivity (Wildman–Crippen MR) is 65.4 cm³/mol. The van der Waals surface area contributed by atoms with Gasteiger partial charge in [0.05, 0.1) is 11.0 Å². The number of aromatic amines is 2. The third kappa shape index (κ3) is 1.68. The zero-order valence-corrected chi connectivity index (χ0v) is 9.38. The highest BCUT2D eigenvalue weighted by Crippen LogP contribution is 2.25. The van der Waals surface area contributed by atoms with Crippen molar-refractivity contribution in [2.45, 2.75) is 0 Å². The summed E-state index contributed by atoms with van der Waals surface area (Å²) in [4.78, 5) is 31.2. The fourth-order valence-electron chi connectivity index (χ4n) is 1.64. The number of fused-ring (bicyclic) bond motifs is 1. The lowest BCUT2D eigenvalue weighted by molar-refractivity contribution is 0.111. The first-order valence-corrected chi connectivity index (χ1v) is 5.77. The van der Waals surface area contributed by atoms with Crippen molar-refractivity contribution in [2.75, 3.05) is 0 Å². The number of aromatic nitrogens is 3. The molecule has 0 bridgehead atoms. The van der Waals surface area contributed by atoms with Gasteiger partial charge in [-0.05, 0) is 18.2 Å². The summed E-state index contributed by atoms with van der Waals surface area (Å²) in [5.74, 6) is 0. The zero-order chi connectivity index (χ0) is 11.8. The summed E-state index contributed by atoms with van der Waals surface area (Å²) in [6.45, 7) is 0. The Hall–Kier alpha value is -2.21. The molecule has 5 nitrogen and oxygen atoms in total. The Morgan fingerprint density at radius 2 is 2.06 bits per heavy atom. The minimum Gasteiger partial charge on any atom is -0.306 e. The molecule has 0 amide bonds. The molecule has 0 aliphatic rings. The summed E-state index contributed by atoms with van der Waals surface area (Å²) < 4.78 is 0. The van der Waals surface area contributed by atoms with Gasteiger partial charge in [-0.3, -0.25) is 4.79 Å². The van der Waals surface area contributed by atoms with Gasteiger partial charge in [0.25, 0.3) is 0 Å². The Morgan fingerprint density at radius 1 is 1.24 bits per heavy atom. The van der Waals surface area contributed by atoms with Gasteiger partial charge in [0.1, 0.15) is 10.7 Å². The van der Waals surface area contributed by atoms with Crippen LogP contribution in [0.1, 0.15) is 10.5 Å². The molecule has 84 valence electrons. The summed E-state index contributed by atoms with van der Waals surface area (Å²) in [5, 5.41) is 2.46. The van der Waals surface area contributed by atoms with Crippen LogP contribution in [0.4, 0.5) is 0 Å². The molecule has 17 heavy (non-hydrogen) atoms. The third-order valence-corrected chi connectivity index (χ3v) is 3.32. The first kappa shape index (κ1) is 9.98. The highest BCUT2D eigenvalue weighted by Gasteiger charge is 2.06. The Balaban J connectivity index is 2.16. The SMILES string of the molecule is O=Cc1csc(-c2ccc3[nH]c(=O)[nH]c3c2)n1. The molecular weight excluding hydrogens is 238 g/mol. The summed E-state index contributed by atoms with van der Waals surface area (Å²) in [7, 11) is 0. The minimum absolute atomic E-state index is 0.232. The number of carbonyl (C=O) groups is 1. The monoisotopic (exact) mass is 245 g/mol. The number of aldehydes is 1. The molecule has 2 aromatic heterocycles. The van der Waals surface area contributed by atoms with Crippen LogP contribution in [0.5, 0.6) is 0 Å². The number of thiazole rings is 1. The van der Waals surface area contributed by atoms with E-state index < -0.39 is 0 Å². The lowest BCUT2D eigenvalue weighted by Crippen LogP contribution is -1.99. The largest absolute Gasteiger partial charge is 0.323 e. The van der Waals surface area contributed by atoms with E-state index in [1.165, 1.54) is 11.3 Å². The molecule has 0 radical (unpaired) electrons. The molecule has 0 fully saturated rings. The number of H-pyrrole nitrogens is 2. The normalized spacial score (nSPS) is 10.8. The van der Waals surface area contributed by atoms with Crippen LogP contribution in [0.3, 0.4) is 0 Å². The van der Waals surface area contributed by atoms with Crippen molar-refractivity contribution in [1.29, 1.82) is 0 Å². The van der Waals surface area contributed by atoms with Crippen molar-refractivity contribution in [2.24, 2.45) is 0 Å². The van der Waals surface area contributed by atoms with Crippen LogP contribution in [-0.4, -0.2) is 21.2 Å². The Bertz CT molecular complexity index is 753. The van der Waals surface area contributed by atoms with E-state index in [1.54, 1.807) is 5.38 Å². The highest BCUT2D eigenvalue weighted by molar-refractivity contribution is 7.13. The van der Waals surface area contributed by atoms with Crippen LogP contribution in [0.25, 0.3) is 21.6 Å². The molecule has 6 heteroatoms. The van der Waals surface area contributed by atoms with E-state index in [2.05, 4.69) is 15.0 Å². The molecule has 0 spiro atoms. The van der Waals surface area contributed by atoms with Gasteiger partial charge in [-0.2, -0.15) is 0 Å². The predicted octanol–water partition coefficient (Wildman–Crippen LogP) is 1.79. The van der Waals surface area contributed by atoms with Gasteiger partial charge in [0.2, 0.25) is 0 Å². The number of nitrogens with one attached hydrogen (secondary N) is 2. The Labute approximate surface area is 99.1 Å². The number of hydrogen-bond donors (Lipinski definition) is 2. The van der Waals surface area contributed by atoms with Crippen molar-refractivity contribution < 1.29 is 4.79 Å². The van der Waals surface area contributed by atoms with E-state index in [1.807, 2.05) is 18.2 Å². The lowest BCUT2D eigenvalue weighted by atomic mass is 10.2. The number of imidazole rings is 1. The number of carbonyl (C=O) groups excluding carboxylic acids is 1. The average molecular weight is 245 g/mol. The zero-order valence-electron chi connectivity index (χ0n) is 8.56. The molecule has 0 atom stereocenters. The molecule has 1 aromatic carbocycles. The lowest BCUT2D eigenvalue weighted by Gasteiger charge is -1.95. The quantitative estimate of drug-likeness (QED) is 0.675. The second-order valence-corrected chi connectivity index (χ2v) is 4.39. The van der Waals surface area contributed by atoms with E-state index in [9.17, 15) is 9.59 Å². The maximum absolute atomic E-state index is 11.1. The van der Waals surface area contributed by atoms with E-state index in [-0.39, 0.29) is 5.69 Å². The first-order chi connectivity index (χ1) is 8.26. The van der Waals surface area contributed by atoms with E-state index in [0.717, 1.165) is 27.9 Å². The standard InChI is InChI=1S/C11H7N3O2S/c15-4-7-5-17-10(12-7)6-1-2-8-9(3-6)14-11(16)13-8/h1-5H,(H2,13,14,16). The van der Waals surface area contributed by atoms with Gasteiger partial charge >= 0.3 is 5.69 Å². The van der Waals surface area contributed by atoms with E-state index in [4.69, 9.17) is 0 Å². The maximum atomic E-state index is 11.1. The number of rotatable bonds is 2. The van der Waals surface area contributed by atoms with Gasteiger partial charge in [-0.15, -0.1) is 11.3 Å². The molecule has 0 aliphatic carbocycles. The first-order valence-electron chi connectivity index (χ1n) is 4.89. The van der Waals surface area contributed by atoms with Crippen LogP contribution < -0.4 is 5.69 Å². The van der Waals surface area contributed by atoms with Crippen LogP contribution in [0.15, 0.2) is 28.4 Å². The minimum atomic E-state index is -0.232. The molecule has 0 saturated carbocycles. The van der Waals surface area contributed by atoms with Crippen LogP contribution >= 0.6 is 11.3 Å². The van der Waals surface area contributed by atoms with Crippen molar-refractivity contribution in [3.63, 3.8) is 0 Å². The number of hydrogen-bond acceptors (Lipinski definition) is 4. The molecule has 0 aliphatic heterocycles. The molecule has 3 rings (SSSR count).